The number of nitrogens with one attached hydrogen (secondary N) is 1. The normalized spacial score (nSPS) is 19.7. The van der Waals surface area contributed by atoms with E-state index in [1.54, 1.807) is 22.8 Å². The summed E-state index contributed by atoms with van der Waals surface area (Å²) in [6.45, 7) is 7.89. The minimum absolute atomic E-state index is 0.0563. The number of hydrogen-bond acceptors (Lipinski definition) is 6. The number of nitrogens with zero attached hydrogens (tertiary/aromatic N) is 6. The van der Waals surface area contributed by atoms with E-state index in [-0.39, 0.29) is 11.9 Å². The molecular formula is C21H31N7O2S. The third kappa shape index (κ3) is 5.08. The van der Waals surface area contributed by atoms with Gasteiger partial charge in [-0.15, -0.1) is 11.3 Å². The number of morpholine rings is 1. The molecule has 2 fully saturated rings. The van der Waals surface area contributed by atoms with Crippen LogP contribution in [0.5, 0.6) is 0 Å². The zero-order chi connectivity index (χ0) is 21.8. The van der Waals surface area contributed by atoms with Crippen LogP contribution in [-0.4, -0.2) is 91.0 Å². The molecule has 0 saturated carbocycles. The van der Waals surface area contributed by atoms with Gasteiger partial charge in [0, 0.05) is 62.8 Å². The lowest BCUT2D eigenvalue weighted by atomic mass is 10.2. The van der Waals surface area contributed by atoms with Crippen molar-refractivity contribution in [1.82, 2.24) is 24.9 Å². The second kappa shape index (κ2) is 9.80. The molecular weight excluding hydrogens is 414 g/mol. The zero-order valence-electron chi connectivity index (χ0n) is 18.5. The van der Waals surface area contributed by atoms with Gasteiger partial charge in [-0.05, 0) is 19.1 Å². The first kappa shape index (κ1) is 21.8. The Labute approximate surface area is 187 Å². The van der Waals surface area contributed by atoms with Crippen molar-refractivity contribution in [3.05, 3.63) is 34.3 Å². The van der Waals surface area contributed by atoms with E-state index in [2.05, 4.69) is 39.4 Å². The molecule has 2 aromatic heterocycles. The van der Waals surface area contributed by atoms with Gasteiger partial charge in [0.15, 0.2) is 5.96 Å². The molecule has 2 aliphatic heterocycles. The Hall–Kier alpha value is -2.43. The minimum atomic E-state index is 0.0563. The molecule has 9 nitrogen and oxygen atoms in total. The predicted octanol–water partition coefficient (Wildman–Crippen LogP) is 1.09. The van der Waals surface area contributed by atoms with Gasteiger partial charge >= 0.3 is 0 Å². The number of piperazine rings is 1. The van der Waals surface area contributed by atoms with Crippen molar-refractivity contribution in [2.45, 2.75) is 13.0 Å². The van der Waals surface area contributed by atoms with E-state index in [9.17, 15) is 4.79 Å². The Balaban J connectivity index is 1.40. The molecule has 31 heavy (non-hydrogen) atoms. The van der Waals surface area contributed by atoms with Crippen LogP contribution in [0.15, 0.2) is 29.5 Å². The highest BCUT2D eigenvalue weighted by Gasteiger charge is 2.29. The molecule has 4 rings (SSSR count). The molecule has 1 N–H and O–H groups in total. The van der Waals surface area contributed by atoms with Gasteiger partial charge in [-0.25, -0.2) is 0 Å². The lowest BCUT2D eigenvalue weighted by Crippen LogP contribution is -2.56. The third-order valence-corrected chi connectivity index (χ3v) is 6.87. The van der Waals surface area contributed by atoms with E-state index in [0.717, 1.165) is 51.0 Å². The summed E-state index contributed by atoms with van der Waals surface area (Å²) in [5.74, 6) is 0.825. The van der Waals surface area contributed by atoms with Crippen LogP contribution in [0.3, 0.4) is 0 Å². The van der Waals surface area contributed by atoms with Gasteiger partial charge < -0.3 is 19.9 Å². The Morgan fingerprint density at radius 3 is 2.71 bits per heavy atom. The zero-order valence-corrected chi connectivity index (χ0v) is 19.3. The summed E-state index contributed by atoms with van der Waals surface area (Å²) in [5.41, 5.74) is 0.843. The van der Waals surface area contributed by atoms with Gasteiger partial charge in [0.05, 0.1) is 31.1 Å². The Kier molecular flexibility index (Phi) is 6.89. The first-order valence-electron chi connectivity index (χ1n) is 10.7. The molecule has 2 saturated heterocycles. The Bertz CT molecular complexity index is 918. The molecule has 2 aliphatic rings. The number of anilines is 1. The van der Waals surface area contributed by atoms with Crippen molar-refractivity contribution in [2.24, 2.45) is 12.0 Å². The quantitative estimate of drug-likeness (QED) is 0.548. The monoisotopic (exact) mass is 445 g/mol. The summed E-state index contributed by atoms with van der Waals surface area (Å²) in [6.07, 6.45) is 3.60. The summed E-state index contributed by atoms with van der Waals surface area (Å²) < 4.78 is 7.27. The molecule has 10 heteroatoms. The summed E-state index contributed by atoms with van der Waals surface area (Å²) in [5, 5.41) is 7.72. The maximum Gasteiger partial charge on any atom is 0.246 e. The van der Waals surface area contributed by atoms with Gasteiger partial charge in [-0.1, -0.05) is 0 Å². The second-order valence-corrected chi connectivity index (χ2v) is 9.20. The van der Waals surface area contributed by atoms with Crippen molar-refractivity contribution in [3.63, 3.8) is 0 Å². The van der Waals surface area contributed by atoms with E-state index < -0.39 is 0 Å². The fourth-order valence-corrected chi connectivity index (χ4v) is 5.14. The van der Waals surface area contributed by atoms with Crippen molar-refractivity contribution in [2.75, 3.05) is 64.4 Å². The lowest BCUT2D eigenvalue weighted by Gasteiger charge is -2.37. The number of carbonyl (C=O) groups excluding carboxylic acids is 1. The first-order valence-corrected chi connectivity index (χ1v) is 11.5. The maximum absolute atomic E-state index is 12.8. The number of carbonyl (C=O) groups is 1. The molecule has 0 aromatic carbocycles. The second-order valence-electron chi connectivity index (χ2n) is 7.88. The number of amides is 1. The van der Waals surface area contributed by atoms with E-state index >= 15 is 0 Å². The summed E-state index contributed by atoms with van der Waals surface area (Å²) in [6, 6.07) is 4.66. The number of hydrogen-bond donors (Lipinski definition) is 1. The fraction of sp³-hybridized carbons (Fsp3) is 0.571. The Morgan fingerprint density at radius 2 is 2.10 bits per heavy atom. The van der Waals surface area contributed by atoms with Crippen molar-refractivity contribution in [1.29, 1.82) is 0 Å². The molecule has 4 heterocycles. The predicted molar refractivity (Wildman–Crippen MR) is 123 cm³/mol. The highest BCUT2D eigenvalue weighted by atomic mass is 32.1. The number of ether oxygens (including phenoxy) is 1. The van der Waals surface area contributed by atoms with Crippen LogP contribution < -0.4 is 10.2 Å². The van der Waals surface area contributed by atoms with Crippen molar-refractivity contribution < 1.29 is 9.53 Å². The van der Waals surface area contributed by atoms with Gasteiger partial charge in [0.25, 0.3) is 0 Å². The Morgan fingerprint density at radius 1 is 1.29 bits per heavy atom. The van der Waals surface area contributed by atoms with E-state index in [1.807, 2.05) is 29.5 Å². The number of aliphatic imine (C=N–C) groups is 1. The molecule has 0 aliphatic carbocycles. The largest absolute Gasteiger partial charge is 0.379 e. The first-order chi connectivity index (χ1) is 15.0. The van der Waals surface area contributed by atoms with Crippen LogP contribution in [-0.2, 0) is 16.6 Å². The molecule has 0 radical (unpaired) electrons. The average molecular weight is 446 g/mol. The van der Waals surface area contributed by atoms with Crippen molar-refractivity contribution in [3.8, 4) is 0 Å². The highest BCUT2D eigenvalue weighted by Crippen LogP contribution is 2.28. The minimum Gasteiger partial charge on any atom is -0.379 e. The van der Waals surface area contributed by atoms with Crippen LogP contribution in [0.2, 0.25) is 0 Å². The smallest absolute Gasteiger partial charge is 0.246 e. The van der Waals surface area contributed by atoms with E-state index in [1.165, 1.54) is 9.75 Å². The molecule has 0 bridgehead atoms. The SMILES string of the molecule is CN=C(NCC(c1ccc(C)s1)N1CCOCC1)N1CCN(c2cnn(C)c2)C(=O)C1. The number of guanidine groups is 1. The summed E-state index contributed by atoms with van der Waals surface area (Å²) in [7, 11) is 3.63. The van der Waals surface area contributed by atoms with Gasteiger partial charge in [-0.2, -0.15) is 5.10 Å². The number of rotatable bonds is 5. The van der Waals surface area contributed by atoms with E-state index in [4.69, 9.17) is 4.74 Å². The van der Waals surface area contributed by atoms with Crippen LogP contribution in [0.25, 0.3) is 0 Å². The number of thiophene rings is 1. The third-order valence-electron chi connectivity index (χ3n) is 5.76. The van der Waals surface area contributed by atoms with Gasteiger partial charge in [0.1, 0.15) is 6.54 Å². The molecule has 1 unspecified atom stereocenters. The average Bonchev–Trinajstić information content (AvgIpc) is 3.40. The molecule has 2 aromatic rings. The van der Waals surface area contributed by atoms with Crippen LogP contribution in [0, 0.1) is 6.92 Å². The summed E-state index contributed by atoms with van der Waals surface area (Å²) in [4.78, 5) is 26.2. The maximum atomic E-state index is 12.8. The topological polar surface area (TPSA) is 78.2 Å². The lowest BCUT2D eigenvalue weighted by molar-refractivity contribution is -0.120. The van der Waals surface area contributed by atoms with Crippen LogP contribution in [0.4, 0.5) is 5.69 Å². The van der Waals surface area contributed by atoms with E-state index in [0.29, 0.717) is 13.1 Å². The van der Waals surface area contributed by atoms with Crippen LogP contribution >= 0.6 is 11.3 Å². The number of aromatic nitrogens is 2. The number of aryl methyl sites for hydroxylation is 2. The standard InChI is InChI=1S/C21H31N7O2S/c1-16-4-5-19(31-16)18(26-8-10-30-11-9-26)13-23-21(22-2)27-6-7-28(20(29)15-27)17-12-24-25(3)14-17/h4-5,12,14,18H,6-11,13,15H2,1-3H3,(H,22,23). The molecule has 1 amide bonds. The van der Waals surface area contributed by atoms with Crippen LogP contribution in [0.1, 0.15) is 15.8 Å². The van der Waals surface area contributed by atoms with Gasteiger partial charge in [0.2, 0.25) is 5.91 Å². The highest BCUT2D eigenvalue weighted by molar-refractivity contribution is 7.12. The van der Waals surface area contributed by atoms with Crippen molar-refractivity contribution >= 4 is 28.9 Å². The molecule has 168 valence electrons. The van der Waals surface area contributed by atoms with Gasteiger partial charge in [-0.3, -0.25) is 19.4 Å². The summed E-state index contributed by atoms with van der Waals surface area (Å²) >= 11 is 1.84. The molecule has 0 spiro atoms. The molecule has 1 atom stereocenters. The fourth-order valence-electron chi connectivity index (χ4n) is 4.13.